The summed E-state index contributed by atoms with van der Waals surface area (Å²) in [7, 11) is 0. The third-order valence-electron chi connectivity index (χ3n) is 6.67. The van der Waals surface area contributed by atoms with Gasteiger partial charge in [0, 0.05) is 22.6 Å². The fourth-order valence-electron chi connectivity index (χ4n) is 4.64. The van der Waals surface area contributed by atoms with Crippen LogP contribution < -0.4 is 15.0 Å². The van der Waals surface area contributed by atoms with Crippen molar-refractivity contribution < 1.29 is 14.3 Å². The van der Waals surface area contributed by atoms with Crippen molar-refractivity contribution in [1.82, 2.24) is 9.88 Å². The molecule has 0 bridgehead atoms. The van der Waals surface area contributed by atoms with Gasteiger partial charge in [0.25, 0.3) is 11.8 Å². The smallest absolute Gasteiger partial charge is 0.270 e. The van der Waals surface area contributed by atoms with E-state index in [1.165, 1.54) is 4.90 Å². The zero-order valence-electron chi connectivity index (χ0n) is 21.9. The number of hydrogen-bond acceptors (Lipinski definition) is 5. The molecule has 0 radical (unpaired) electrons. The first-order valence-electron chi connectivity index (χ1n) is 12.4. The van der Waals surface area contributed by atoms with Crippen LogP contribution in [0.4, 0.5) is 5.69 Å². The van der Waals surface area contributed by atoms with Gasteiger partial charge in [0.1, 0.15) is 17.9 Å². The van der Waals surface area contributed by atoms with Crippen LogP contribution in [0.3, 0.4) is 0 Å². The van der Waals surface area contributed by atoms with E-state index in [0.29, 0.717) is 16.9 Å². The lowest BCUT2D eigenvalue weighted by atomic mass is 10.1. The average Bonchev–Trinajstić information content (AvgIpc) is 3.24. The number of halogens is 2. The van der Waals surface area contributed by atoms with Crippen LogP contribution in [-0.2, 0) is 16.2 Å². The minimum atomic E-state index is -0.604. The number of benzene rings is 3. The summed E-state index contributed by atoms with van der Waals surface area (Å²) in [6.45, 7) is 4.12. The summed E-state index contributed by atoms with van der Waals surface area (Å²) in [5.74, 6) is -0.544. The number of thiocarbonyl (C=S) groups is 1. The van der Waals surface area contributed by atoms with Crippen LogP contribution >= 0.6 is 35.4 Å². The fraction of sp³-hybridized carbons (Fsp3) is 0.0968. The monoisotopic (exact) mass is 600 g/mol. The third kappa shape index (κ3) is 5.48. The second-order valence-electron chi connectivity index (χ2n) is 9.24. The summed E-state index contributed by atoms with van der Waals surface area (Å²) in [5, 5.41) is 12.2. The molecule has 41 heavy (non-hydrogen) atoms. The van der Waals surface area contributed by atoms with E-state index in [0.717, 1.165) is 22.6 Å². The molecule has 0 unspecified atom stereocenters. The normalized spacial score (nSPS) is 14.3. The van der Waals surface area contributed by atoms with Crippen LogP contribution in [0.1, 0.15) is 28.1 Å². The molecule has 10 heteroatoms. The minimum Gasteiger partial charge on any atom is -0.489 e. The summed E-state index contributed by atoms with van der Waals surface area (Å²) in [6.07, 6.45) is 1.55. The minimum absolute atomic E-state index is 0.0785. The van der Waals surface area contributed by atoms with E-state index in [-0.39, 0.29) is 33.0 Å². The summed E-state index contributed by atoms with van der Waals surface area (Å²) in [5.41, 5.74) is 4.89. The van der Waals surface area contributed by atoms with Crippen LogP contribution in [0.2, 0.25) is 10.0 Å². The molecule has 1 N–H and O–H groups in total. The number of nitrogens with one attached hydrogen (secondary N) is 1. The zero-order chi connectivity index (χ0) is 29.3. The summed E-state index contributed by atoms with van der Waals surface area (Å²) in [6, 6.07) is 23.8. The molecular weight excluding hydrogens is 579 g/mol. The number of carbonyl (C=O) groups excluding carboxylic acids is 2. The lowest BCUT2D eigenvalue weighted by molar-refractivity contribution is -0.122. The largest absolute Gasteiger partial charge is 0.489 e. The maximum Gasteiger partial charge on any atom is 0.270 e. The maximum atomic E-state index is 13.5. The van der Waals surface area contributed by atoms with Gasteiger partial charge >= 0.3 is 0 Å². The fourth-order valence-corrected chi connectivity index (χ4v) is 5.29. The van der Waals surface area contributed by atoms with Crippen LogP contribution in [-0.4, -0.2) is 21.5 Å². The lowest BCUT2D eigenvalue weighted by Gasteiger charge is -2.29. The van der Waals surface area contributed by atoms with E-state index < -0.39 is 11.8 Å². The predicted octanol–water partition coefficient (Wildman–Crippen LogP) is 6.68. The van der Waals surface area contributed by atoms with Crippen molar-refractivity contribution in [2.24, 2.45) is 0 Å². The number of rotatable bonds is 6. The Bertz CT molecular complexity index is 1790. The standard InChI is InChI=1S/C31H22Cl2N4O3S/c1-18-14-22(15-25-29(38)35-31(41)37(30(25)39)27-9-5-8-26(32)28(27)33)19(2)36(18)23-10-12-24(13-11-23)40-17-21-7-4-3-6-20(21)16-34/h3-15H,17H2,1-2H3,(H,35,38,41)/b25-15+. The molecule has 204 valence electrons. The Kier molecular flexibility index (Phi) is 7.95. The van der Waals surface area contributed by atoms with Crippen LogP contribution in [0.15, 0.2) is 78.4 Å². The van der Waals surface area contributed by atoms with Crippen molar-refractivity contribution >= 4 is 64.1 Å². The molecule has 3 aromatic carbocycles. The van der Waals surface area contributed by atoms with Gasteiger partial charge in [-0.15, -0.1) is 0 Å². The zero-order valence-corrected chi connectivity index (χ0v) is 24.3. The van der Waals surface area contributed by atoms with Crippen molar-refractivity contribution in [1.29, 1.82) is 5.26 Å². The Morgan fingerprint density at radius 2 is 1.76 bits per heavy atom. The maximum absolute atomic E-state index is 13.5. The van der Waals surface area contributed by atoms with Crippen molar-refractivity contribution in [3.8, 4) is 17.5 Å². The molecule has 0 aliphatic carbocycles. The lowest BCUT2D eigenvalue weighted by Crippen LogP contribution is -2.54. The number of ether oxygens (including phenoxy) is 1. The molecule has 1 saturated heterocycles. The molecule has 7 nitrogen and oxygen atoms in total. The average molecular weight is 602 g/mol. The van der Waals surface area contributed by atoms with Gasteiger partial charge < -0.3 is 9.30 Å². The van der Waals surface area contributed by atoms with Gasteiger partial charge in [-0.1, -0.05) is 47.5 Å². The van der Waals surface area contributed by atoms with Crippen molar-refractivity contribution in [3.05, 3.63) is 116 Å². The van der Waals surface area contributed by atoms with Crippen LogP contribution in [0, 0.1) is 25.2 Å². The number of aromatic nitrogens is 1. The highest BCUT2D eigenvalue weighted by Gasteiger charge is 2.36. The highest BCUT2D eigenvalue weighted by molar-refractivity contribution is 7.80. The van der Waals surface area contributed by atoms with E-state index in [1.807, 2.05) is 66.9 Å². The van der Waals surface area contributed by atoms with Gasteiger partial charge in [-0.05, 0) is 86.2 Å². The highest BCUT2D eigenvalue weighted by atomic mass is 35.5. The van der Waals surface area contributed by atoms with E-state index in [9.17, 15) is 14.9 Å². The Morgan fingerprint density at radius 3 is 2.49 bits per heavy atom. The van der Waals surface area contributed by atoms with Gasteiger partial charge in [-0.3, -0.25) is 19.8 Å². The Hall–Kier alpha value is -4.42. The van der Waals surface area contributed by atoms with Gasteiger partial charge in [0.15, 0.2) is 5.11 Å². The number of nitrogens with zero attached hydrogens (tertiary/aromatic N) is 3. The second-order valence-corrected chi connectivity index (χ2v) is 10.4. The number of carbonyl (C=O) groups is 2. The van der Waals surface area contributed by atoms with E-state index >= 15 is 0 Å². The number of nitriles is 1. The summed E-state index contributed by atoms with van der Waals surface area (Å²) in [4.78, 5) is 27.5. The number of hydrogen-bond donors (Lipinski definition) is 1. The van der Waals surface area contributed by atoms with Crippen LogP contribution in [0.5, 0.6) is 5.75 Å². The van der Waals surface area contributed by atoms with Gasteiger partial charge in [-0.25, -0.2) is 0 Å². The van der Waals surface area contributed by atoms with Gasteiger partial charge in [0.2, 0.25) is 0 Å². The summed E-state index contributed by atoms with van der Waals surface area (Å²) < 4.78 is 7.92. The molecule has 4 aromatic rings. The number of aryl methyl sites for hydroxylation is 1. The van der Waals surface area contributed by atoms with E-state index in [1.54, 1.807) is 30.3 Å². The number of amides is 2. The molecule has 0 atom stereocenters. The molecular formula is C31H22Cl2N4O3S. The molecule has 2 amide bonds. The Labute approximate surface area is 252 Å². The topological polar surface area (TPSA) is 87.4 Å². The molecule has 0 spiro atoms. The third-order valence-corrected chi connectivity index (χ3v) is 7.76. The second kappa shape index (κ2) is 11.6. The van der Waals surface area contributed by atoms with Crippen LogP contribution in [0.25, 0.3) is 11.8 Å². The molecule has 1 aliphatic rings. The van der Waals surface area contributed by atoms with Gasteiger partial charge in [0.05, 0.1) is 27.4 Å². The first kappa shape index (κ1) is 28.1. The first-order valence-corrected chi connectivity index (χ1v) is 13.6. The summed E-state index contributed by atoms with van der Waals surface area (Å²) >= 11 is 17.8. The number of anilines is 1. The Balaban J connectivity index is 1.41. The molecule has 1 fully saturated rings. The van der Waals surface area contributed by atoms with Crippen molar-refractivity contribution in [2.75, 3.05) is 4.90 Å². The SMILES string of the molecule is Cc1cc(/C=C2\C(=O)NC(=S)N(c3cccc(Cl)c3Cl)C2=O)c(C)n1-c1ccc(OCc2ccccc2C#N)cc1. The quantitative estimate of drug-likeness (QED) is 0.151. The van der Waals surface area contributed by atoms with Crippen molar-refractivity contribution in [3.63, 3.8) is 0 Å². The molecule has 2 heterocycles. The van der Waals surface area contributed by atoms with E-state index in [2.05, 4.69) is 11.4 Å². The Morgan fingerprint density at radius 1 is 1.02 bits per heavy atom. The van der Waals surface area contributed by atoms with E-state index in [4.69, 9.17) is 40.2 Å². The van der Waals surface area contributed by atoms with Gasteiger partial charge in [-0.2, -0.15) is 5.26 Å². The molecule has 0 saturated carbocycles. The van der Waals surface area contributed by atoms with Crippen molar-refractivity contribution in [2.45, 2.75) is 20.5 Å². The highest BCUT2D eigenvalue weighted by Crippen LogP contribution is 2.35. The first-order chi connectivity index (χ1) is 19.7. The molecule has 1 aromatic heterocycles. The predicted molar refractivity (Wildman–Crippen MR) is 163 cm³/mol. The molecule has 5 rings (SSSR count). The molecule has 1 aliphatic heterocycles.